The van der Waals surface area contributed by atoms with Gasteiger partial charge in [-0.15, -0.1) is 11.3 Å². The average molecular weight is 444 g/mol. The molecule has 3 aromatic rings. The lowest BCUT2D eigenvalue weighted by molar-refractivity contribution is 0.102. The van der Waals surface area contributed by atoms with E-state index < -0.39 is 0 Å². The molecular weight excluding hydrogens is 426 g/mol. The molecule has 1 N–H and O–H groups in total. The molecule has 1 aromatic heterocycles. The summed E-state index contributed by atoms with van der Waals surface area (Å²) in [6, 6.07) is 15.6. The van der Waals surface area contributed by atoms with Crippen molar-refractivity contribution >= 4 is 44.0 Å². The molecule has 2 aromatic carbocycles. The molecule has 1 fully saturated rings. The van der Waals surface area contributed by atoms with Crippen molar-refractivity contribution in [3.63, 3.8) is 0 Å². The molecule has 0 aliphatic carbocycles. The number of amides is 1. The monoisotopic (exact) mass is 443 g/mol. The van der Waals surface area contributed by atoms with Crippen molar-refractivity contribution < 1.29 is 9.53 Å². The number of nitrogens with zero attached hydrogens (tertiary/aromatic N) is 2. The number of carbonyl (C=O) groups excluding carboxylic acids is 1. The largest absolute Gasteiger partial charge is 0.378 e. The molecule has 7 heteroatoms. The van der Waals surface area contributed by atoms with Gasteiger partial charge in [-0.25, -0.2) is 4.98 Å². The van der Waals surface area contributed by atoms with Crippen LogP contribution >= 0.6 is 27.3 Å². The predicted molar refractivity (Wildman–Crippen MR) is 113 cm³/mol. The number of hydrogen-bond acceptors (Lipinski definition) is 5. The standard InChI is InChI=1S/C20H18BrN3O2S/c21-16-3-1-2-15(12-16)18-13-27-20(22-18)23-19(25)14-4-6-17(7-5-14)24-8-10-26-11-9-24/h1-7,12-13H,8-11H2,(H,22,23,25). The highest BCUT2D eigenvalue weighted by Crippen LogP contribution is 2.27. The highest BCUT2D eigenvalue weighted by atomic mass is 79.9. The maximum atomic E-state index is 12.5. The third-order valence-corrected chi connectivity index (χ3v) is 5.60. The number of nitrogens with one attached hydrogen (secondary N) is 1. The van der Waals surface area contributed by atoms with Crippen molar-refractivity contribution in [1.82, 2.24) is 4.98 Å². The summed E-state index contributed by atoms with van der Waals surface area (Å²) in [7, 11) is 0. The zero-order valence-electron chi connectivity index (χ0n) is 14.5. The Labute approximate surface area is 170 Å². The summed E-state index contributed by atoms with van der Waals surface area (Å²) in [4.78, 5) is 19.3. The van der Waals surface area contributed by atoms with Crippen LogP contribution in [0, 0.1) is 0 Å². The smallest absolute Gasteiger partial charge is 0.257 e. The van der Waals surface area contributed by atoms with E-state index in [1.807, 2.05) is 53.9 Å². The van der Waals surface area contributed by atoms with Gasteiger partial charge >= 0.3 is 0 Å². The van der Waals surface area contributed by atoms with Crippen molar-refractivity contribution in [2.24, 2.45) is 0 Å². The molecule has 0 atom stereocenters. The van der Waals surface area contributed by atoms with Gasteiger partial charge in [0.2, 0.25) is 0 Å². The maximum absolute atomic E-state index is 12.5. The van der Waals surface area contributed by atoms with Gasteiger partial charge in [0.15, 0.2) is 5.13 Å². The number of thiazole rings is 1. The SMILES string of the molecule is O=C(Nc1nc(-c2cccc(Br)c2)cs1)c1ccc(N2CCOCC2)cc1. The lowest BCUT2D eigenvalue weighted by atomic mass is 10.2. The molecular formula is C20H18BrN3O2S. The van der Waals surface area contributed by atoms with E-state index in [1.165, 1.54) is 11.3 Å². The first-order chi connectivity index (χ1) is 13.2. The quantitative estimate of drug-likeness (QED) is 0.636. The second-order valence-electron chi connectivity index (χ2n) is 6.15. The predicted octanol–water partition coefficient (Wildman–Crippen LogP) is 4.66. The molecule has 27 heavy (non-hydrogen) atoms. The topological polar surface area (TPSA) is 54.5 Å². The van der Waals surface area contributed by atoms with Gasteiger partial charge in [-0.1, -0.05) is 28.1 Å². The normalized spacial score (nSPS) is 14.2. The molecule has 4 rings (SSSR count). The highest BCUT2D eigenvalue weighted by Gasteiger charge is 2.13. The Bertz CT molecular complexity index is 936. The fourth-order valence-corrected chi connectivity index (χ4v) is 4.04. The minimum absolute atomic E-state index is 0.154. The number of rotatable bonds is 4. The Balaban J connectivity index is 1.43. The first-order valence-corrected chi connectivity index (χ1v) is 10.3. The second kappa shape index (κ2) is 8.21. The van der Waals surface area contributed by atoms with E-state index in [2.05, 4.69) is 31.1 Å². The van der Waals surface area contributed by atoms with Crippen LogP contribution in [0.15, 0.2) is 58.4 Å². The Morgan fingerprint density at radius 1 is 1.15 bits per heavy atom. The van der Waals surface area contributed by atoms with Crippen LogP contribution < -0.4 is 10.2 Å². The van der Waals surface area contributed by atoms with Gasteiger partial charge in [-0.3, -0.25) is 10.1 Å². The Morgan fingerprint density at radius 3 is 2.67 bits per heavy atom. The molecule has 1 aliphatic heterocycles. The zero-order chi connectivity index (χ0) is 18.6. The van der Waals surface area contributed by atoms with Gasteiger partial charge in [-0.2, -0.15) is 0 Å². The van der Waals surface area contributed by atoms with Crippen molar-refractivity contribution in [3.8, 4) is 11.3 Å². The summed E-state index contributed by atoms with van der Waals surface area (Å²) in [5.74, 6) is -0.154. The molecule has 138 valence electrons. The minimum Gasteiger partial charge on any atom is -0.378 e. The second-order valence-corrected chi connectivity index (χ2v) is 7.92. The van der Waals surface area contributed by atoms with Crippen LogP contribution in [0.5, 0.6) is 0 Å². The van der Waals surface area contributed by atoms with Crippen LogP contribution in [0.3, 0.4) is 0 Å². The van der Waals surface area contributed by atoms with Crippen LogP contribution in [0.1, 0.15) is 10.4 Å². The number of halogens is 1. The molecule has 1 amide bonds. The summed E-state index contributed by atoms with van der Waals surface area (Å²) in [5.41, 5.74) is 3.59. The minimum atomic E-state index is -0.154. The number of aromatic nitrogens is 1. The number of hydrogen-bond donors (Lipinski definition) is 1. The molecule has 1 aliphatic rings. The first-order valence-electron chi connectivity index (χ1n) is 8.64. The van der Waals surface area contributed by atoms with E-state index in [0.29, 0.717) is 10.7 Å². The van der Waals surface area contributed by atoms with E-state index in [4.69, 9.17) is 4.74 Å². The third-order valence-electron chi connectivity index (χ3n) is 4.35. The Hall–Kier alpha value is -2.22. The summed E-state index contributed by atoms with van der Waals surface area (Å²) in [6.07, 6.45) is 0. The third kappa shape index (κ3) is 4.37. The molecule has 0 unspecified atom stereocenters. The highest BCUT2D eigenvalue weighted by molar-refractivity contribution is 9.10. The number of morpholine rings is 1. The summed E-state index contributed by atoms with van der Waals surface area (Å²) >= 11 is 4.89. The van der Waals surface area contributed by atoms with Gasteiger partial charge in [0.05, 0.1) is 18.9 Å². The van der Waals surface area contributed by atoms with E-state index in [9.17, 15) is 4.79 Å². The van der Waals surface area contributed by atoms with Crippen molar-refractivity contribution in [2.45, 2.75) is 0 Å². The molecule has 0 spiro atoms. The van der Waals surface area contributed by atoms with Gasteiger partial charge in [0.25, 0.3) is 5.91 Å². The molecule has 0 saturated carbocycles. The summed E-state index contributed by atoms with van der Waals surface area (Å²) in [5, 5.41) is 5.42. The van der Waals surface area contributed by atoms with E-state index >= 15 is 0 Å². The fourth-order valence-electron chi connectivity index (χ4n) is 2.93. The summed E-state index contributed by atoms with van der Waals surface area (Å²) < 4.78 is 6.37. The fraction of sp³-hybridized carbons (Fsp3) is 0.200. The van der Waals surface area contributed by atoms with Gasteiger partial charge < -0.3 is 9.64 Å². The summed E-state index contributed by atoms with van der Waals surface area (Å²) in [6.45, 7) is 3.24. The van der Waals surface area contributed by atoms with Crippen LogP contribution in [-0.4, -0.2) is 37.2 Å². The molecule has 5 nitrogen and oxygen atoms in total. The van der Waals surface area contributed by atoms with Gasteiger partial charge in [0.1, 0.15) is 0 Å². The van der Waals surface area contributed by atoms with E-state index in [1.54, 1.807) is 0 Å². The molecule has 0 radical (unpaired) electrons. The van der Waals surface area contributed by atoms with Gasteiger partial charge in [0, 0.05) is 39.8 Å². The van der Waals surface area contributed by atoms with E-state index in [-0.39, 0.29) is 5.91 Å². The van der Waals surface area contributed by atoms with Crippen LogP contribution in [-0.2, 0) is 4.74 Å². The lowest BCUT2D eigenvalue weighted by Gasteiger charge is -2.28. The maximum Gasteiger partial charge on any atom is 0.257 e. The average Bonchev–Trinajstić information content (AvgIpc) is 3.17. The van der Waals surface area contributed by atoms with Crippen LogP contribution in [0.4, 0.5) is 10.8 Å². The number of benzene rings is 2. The zero-order valence-corrected chi connectivity index (χ0v) is 16.9. The van der Waals surface area contributed by atoms with Gasteiger partial charge in [-0.05, 0) is 36.4 Å². The first kappa shape index (κ1) is 18.2. The van der Waals surface area contributed by atoms with Crippen molar-refractivity contribution in [3.05, 3.63) is 63.9 Å². The molecule has 1 saturated heterocycles. The molecule has 2 heterocycles. The van der Waals surface area contributed by atoms with Crippen LogP contribution in [0.25, 0.3) is 11.3 Å². The van der Waals surface area contributed by atoms with Crippen molar-refractivity contribution in [1.29, 1.82) is 0 Å². The molecule has 0 bridgehead atoms. The number of anilines is 2. The number of ether oxygens (including phenoxy) is 1. The number of carbonyl (C=O) groups is 1. The lowest BCUT2D eigenvalue weighted by Crippen LogP contribution is -2.36. The van der Waals surface area contributed by atoms with Crippen molar-refractivity contribution in [2.75, 3.05) is 36.5 Å². The Morgan fingerprint density at radius 2 is 1.93 bits per heavy atom. The van der Waals surface area contributed by atoms with Crippen LogP contribution in [0.2, 0.25) is 0 Å². The Kier molecular flexibility index (Phi) is 5.52. The van der Waals surface area contributed by atoms with E-state index in [0.717, 1.165) is 47.7 Å².